The van der Waals surface area contributed by atoms with Crippen LogP contribution in [0.5, 0.6) is 0 Å². The van der Waals surface area contributed by atoms with Gasteiger partial charge in [-0.2, -0.15) is 0 Å². The predicted molar refractivity (Wildman–Crippen MR) is 65.3 cm³/mol. The van der Waals surface area contributed by atoms with Crippen molar-refractivity contribution < 1.29 is 13.2 Å². The summed E-state index contributed by atoms with van der Waals surface area (Å²) in [5, 5.41) is 3.21. The maximum absolute atomic E-state index is 11.4. The first-order valence-electron chi connectivity index (χ1n) is 6.08. The molecule has 0 amide bonds. The molecule has 1 rings (SSSR count). The van der Waals surface area contributed by atoms with E-state index >= 15 is 0 Å². The molecule has 5 heteroatoms. The molecule has 4 nitrogen and oxygen atoms in total. The average Bonchev–Trinajstić information content (AvgIpc) is 2.59. The molecule has 0 saturated carbocycles. The third-order valence-electron chi connectivity index (χ3n) is 3.04. The van der Waals surface area contributed by atoms with Crippen molar-refractivity contribution in [2.45, 2.75) is 32.8 Å². The van der Waals surface area contributed by atoms with Crippen LogP contribution in [-0.2, 0) is 14.6 Å². The van der Waals surface area contributed by atoms with Crippen molar-refractivity contribution in [2.24, 2.45) is 5.92 Å². The minimum absolute atomic E-state index is 0.253. The molecule has 1 heterocycles. The lowest BCUT2D eigenvalue weighted by molar-refractivity contribution is 0.106. The van der Waals surface area contributed by atoms with Gasteiger partial charge in [0.15, 0.2) is 9.84 Å². The van der Waals surface area contributed by atoms with E-state index in [1.54, 1.807) is 0 Å². The van der Waals surface area contributed by atoms with Gasteiger partial charge < -0.3 is 10.1 Å². The maximum Gasteiger partial charge on any atom is 0.151 e. The molecule has 2 atom stereocenters. The second-order valence-corrected chi connectivity index (χ2v) is 6.78. The Kier molecular flexibility index (Phi) is 5.72. The number of hydrogen-bond acceptors (Lipinski definition) is 4. The van der Waals surface area contributed by atoms with Crippen LogP contribution < -0.4 is 5.32 Å². The van der Waals surface area contributed by atoms with Crippen LogP contribution in [0.15, 0.2) is 0 Å². The van der Waals surface area contributed by atoms with Gasteiger partial charge in [0, 0.05) is 25.4 Å². The van der Waals surface area contributed by atoms with Crippen LogP contribution in [0.2, 0.25) is 0 Å². The van der Waals surface area contributed by atoms with Crippen LogP contribution in [0.3, 0.4) is 0 Å². The molecular formula is C11H23NO3S. The van der Waals surface area contributed by atoms with Gasteiger partial charge in [-0.1, -0.05) is 6.92 Å². The van der Waals surface area contributed by atoms with E-state index in [9.17, 15) is 8.42 Å². The van der Waals surface area contributed by atoms with Gasteiger partial charge in [-0.15, -0.1) is 0 Å². The molecule has 0 aromatic rings. The van der Waals surface area contributed by atoms with E-state index in [0.717, 1.165) is 19.6 Å². The van der Waals surface area contributed by atoms with Crippen LogP contribution in [0.25, 0.3) is 0 Å². The molecule has 96 valence electrons. The first-order chi connectivity index (χ1) is 7.55. The Labute approximate surface area is 98.7 Å². The van der Waals surface area contributed by atoms with E-state index in [2.05, 4.69) is 12.2 Å². The van der Waals surface area contributed by atoms with Gasteiger partial charge in [-0.05, 0) is 25.7 Å². The van der Waals surface area contributed by atoms with E-state index in [0.29, 0.717) is 30.7 Å². The lowest BCUT2D eigenvalue weighted by Gasteiger charge is -2.14. The topological polar surface area (TPSA) is 55.4 Å². The number of hydrogen-bond donors (Lipinski definition) is 1. The van der Waals surface area contributed by atoms with Gasteiger partial charge in [0.25, 0.3) is 0 Å². The number of ether oxygens (including phenoxy) is 1. The third kappa shape index (κ3) is 4.80. The minimum atomic E-state index is -2.83. The van der Waals surface area contributed by atoms with Crippen molar-refractivity contribution in [3.63, 3.8) is 0 Å². The minimum Gasteiger partial charge on any atom is -0.378 e. The molecule has 1 fully saturated rings. The summed E-state index contributed by atoms with van der Waals surface area (Å²) in [5.41, 5.74) is 0. The van der Waals surface area contributed by atoms with Crippen molar-refractivity contribution in [3.8, 4) is 0 Å². The Hall–Kier alpha value is -0.130. The fourth-order valence-corrected chi connectivity index (χ4v) is 3.25. The van der Waals surface area contributed by atoms with Crippen molar-refractivity contribution in [3.05, 3.63) is 0 Å². The largest absolute Gasteiger partial charge is 0.378 e. The summed E-state index contributed by atoms with van der Waals surface area (Å²) in [4.78, 5) is 0. The highest BCUT2D eigenvalue weighted by atomic mass is 32.2. The zero-order valence-electron chi connectivity index (χ0n) is 10.2. The third-order valence-corrected chi connectivity index (χ3v) is 4.90. The zero-order valence-corrected chi connectivity index (χ0v) is 11.1. The highest BCUT2D eigenvalue weighted by Gasteiger charge is 2.23. The quantitative estimate of drug-likeness (QED) is 0.679. The van der Waals surface area contributed by atoms with Crippen LogP contribution in [0.1, 0.15) is 26.7 Å². The molecule has 1 N–H and O–H groups in total. The molecule has 1 aliphatic rings. The predicted octanol–water partition coefficient (Wildman–Crippen LogP) is 0.826. The van der Waals surface area contributed by atoms with Gasteiger partial charge in [0.1, 0.15) is 0 Å². The first-order valence-corrected chi connectivity index (χ1v) is 7.90. The molecule has 1 saturated heterocycles. The smallest absolute Gasteiger partial charge is 0.151 e. The number of rotatable bonds is 7. The Morgan fingerprint density at radius 1 is 1.38 bits per heavy atom. The molecular weight excluding hydrogens is 226 g/mol. The van der Waals surface area contributed by atoms with Gasteiger partial charge in [-0.25, -0.2) is 8.42 Å². The summed E-state index contributed by atoms with van der Waals surface area (Å²) in [5.74, 6) is 1.09. The standard InChI is InChI=1S/C11H23NO3S/c1-3-7-16(13,14)8-5-12-9-11-4-6-15-10(11)2/h10-12H,3-9H2,1-2H3. The lowest BCUT2D eigenvalue weighted by atomic mass is 10.0. The Bertz CT molecular complexity index is 290. The molecule has 2 unspecified atom stereocenters. The number of nitrogens with one attached hydrogen (secondary N) is 1. The summed E-state index contributed by atoms with van der Waals surface area (Å²) in [6.45, 7) is 6.23. The fraction of sp³-hybridized carbons (Fsp3) is 1.00. The summed E-state index contributed by atoms with van der Waals surface area (Å²) in [6, 6.07) is 0. The molecule has 0 radical (unpaired) electrons. The van der Waals surface area contributed by atoms with E-state index < -0.39 is 9.84 Å². The Morgan fingerprint density at radius 3 is 2.69 bits per heavy atom. The van der Waals surface area contributed by atoms with Crippen LogP contribution in [-0.4, -0.2) is 45.7 Å². The zero-order chi connectivity index (χ0) is 12.0. The average molecular weight is 249 g/mol. The first kappa shape index (κ1) is 13.9. The summed E-state index contributed by atoms with van der Waals surface area (Å²) in [7, 11) is -2.83. The van der Waals surface area contributed by atoms with Gasteiger partial charge in [-0.3, -0.25) is 0 Å². The second kappa shape index (κ2) is 6.57. The van der Waals surface area contributed by atoms with E-state index in [1.807, 2.05) is 6.92 Å². The molecule has 0 aromatic carbocycles. The Balaban J connectivity index is 2.12. The molecule has 16 heavy (non-hydrogen) atoms. The lowest BCUT2D eigenvalue weighted by Crippen LogP contribution is -2.31. The summed E-state index contributed by atoms with van der Waals surface area (Å²) >= 11 is 0. The highest BCUT2D eigenvalue weighted by Crippen LogP contribution is 2.18. The van der Waals surface area contributed by atoms with Crippen LogP contribution in [0.4, 0.5) is 0 Å². The van der Waals surface area contributed by atoms with Crippen LogP contribution >= 0.6 is 0 Å². The van der Waals surface area contributed by atoms with E-state index in [4.69, 9.17) is 4.74 Å². The van der Waals surface area contributed by atoms with E-state index in [1.165, 1.54) is 0 Å². The van der Waals surface area contributed by atoms with Crippen molar-refractivity contribution in [1.82, 2.24) is 5.32 Å². The molecule has 1 aliphatic heterocycles. The van der Waals surface area contributed by atoms with Crippen LogP contribution in [0, 0.1) is 5.92 Å². The van der Waals surface area contributed by atoms with E-state index in [-0.39, 0.29) is 5.75 Å². The second-order valence-electron chi connectivity index (χ2n) is 4.48. The molecule has 0 aromatic heterocycles. The normalized spacial score (nSPS) is 26.1. The van der Waals surface area contributed by atoms with Gasteiger partial charge in [0.2, 0.25) is 0 Å². The van der Waals surface area contributed by atoms with Crippen molar-refractivity contribution in [1.29, 1.82) is 0 Å². The Morgan fingerprint density at radius 2 is 2.12 bits per heavy atom. The SMILES string of the molecule is CCCS(=O)(=O)CCNCC1CCOC1C. The van der Waals surface area contributed by atoms with Gasteiger partial charge >= 0.3 is 0 Å². The monoisotopic (exact) mass is 249 g/mol. The number of sulfone groups is 1. The summed E-state index contributed by atoms with van der Waals surface area (Å²) in [6.07, 6.45) is 2.09. The van der Waals surface area contributed by atoms with Crippen molar-refractivity contribution >= 4 is 9.84 Å². The maximum atomic E-state index is 11.4. The highest BCUT2D eigenvalue weighted by molar-refractivity contribution is 7.91. The molecule has 0 spiro atoms. The summed E-state index contributed by atoms with van der Waals surface area (Å²) < 4.78 is 28.3. The molecule has 0 aliphatic carbocycles. The van der Waals surface area contributed by atoms with Crippen molar-refractivity contribution in [2.75, 3.05) is 31.2 Å². The molecule has 0 bridgehead atoms. The van der Waals surface area contributed by atoms with Gasteiger partial charge in [0.05, 0.1) is 11.9 Å². The fourth-order valence-electron chi connectivity index (χ4n) is 1.97.